The molecule has 0 radical (unpaired) electrons. The summed E-state index contributed by atoms with van der Waals surface area (Å²) in [4.78, 5) is 26.4. The molecule has 0 spiro atoms. The first-order chi connectivity index (χ1) is 19.7. The van der Waals surface area contributed by atoms with Crippen molar-refractivity contribution in [1.82, 2.24) is 10.6 Å². The Balaban J connectivity index is 1.13. The minimum absolute atomic E-state index is 0.0130. The third kappa shape index (κ3) is 4.29. The minimum Gasteiger partial charge on any atom is -0.349 e. The molecule has 4 fully saturated rings. The van der Waals surface area contributed by atoms with E-state index >= 15 is 0 Å². The van der Waals surface area contributed by atoms with Crippen LogP contribution in [-0.4, -0.2) is 17.9 Å². The van der Waals surface area contributed by atoms with Crippen LogP contribution in [0.1, 0.15) is 83.6 Å². The number of hydrogen-bond donors (Lipinski definition) is 2. The van der Waals surface area contributed by atoms with E-state index in [-0.39, 0.29) is 46.0 Å². The summed E-state index contributed by atoms with van der Waals surface area (Å²) < 4.78 is 14.0. The molecule has 1 heterocycles. The first-order valence-electron chi connectivity index (χ1n) is 15.9. The molecule has 5 aliphatic rings. The third-order valence-electron chi connectivity index (χ3n) is 12.4. The van der Waals surface area contributed by atoms with Gasteiger partial charge >= 0.3 is 0 Å². The van der Waals surface area contributed by atoms with Gasteiger partial charge in [0.15, 0.2) is 0 Å². The Morgan fingerprint density at radius 2 is 1.66 bits per heavy atom. The monoisotopic (exact) mass is 554 g/mol. The average molecular weight is 555 g/mol. The Morgan fingerprint density at radius 3 is 2.44 bits per heavy atom. The van der Waals surface area contributed by atoms with Crippen LogP contribution in [0.3, 0.4) is 0 Å². The Labute approximate surface area is 243 Å². The van der Waals surface area contributed by atoms with Crippen LogP contribution in [0, 0.1) is 40.3 Å². The summed E-state index contributed by atoms with van der Waals surface area (Å²) in [7, 11) is 0. The SMILES string of the molecule is C[C@]12C=CC(=O)NC1CC[C@@H]1[C@H]2CC[C@]2(C)C(C(=O)NC3(c4cccc(-c5cccc(F)c5)c4)CCCC3)CC[C@@H]12. The minimum atomic E-state index is -0.358. The van der Waals surface area contributed by atoms with Crippen LogP contribution in [0.5, 0.6) is 0 Å². The first kappa shape index (κ1) is 26.9. The number of fused-ring (bicyclic) bond motifs is 5. The fourth-order valence-corrected chi connectivity index (χ4v) is 10.2. The van der Waals surface area contributed by atoms with Gasteiger partial charge in [-0.2, -0.15) is 0 Å². The highest BCUT2D eigenvalue weighted by atomic mass is 19.1. The summed E-state index contributed by atoms with van der Waals surface area (Å²) in [6.07, 6.45) is 14.5. The lowest BCUT2D eigenvalue weighted by molar-refractivity contribution is -0.136. The summed E-state index contributed by atoms with van der Waals surface area (Å²) in [6.45, 7) is 4.76. The van der Waals surface area contributed by atoms with E-state index in [1.165, 1.54) is 6.07 Å². The number of nitrogens with one attached hydrogen (secondary N) is 2. The quantitative estimate of drug-likeness (QED) is 0.417. The summed E-state index contributed by atoms with van der Waals surface area (Å²) in [5, 5.41) is 6.91. The van der Waals surface area contributed by atoms with Crippen molar-refractivity contribution in [2.45, 2.75) is 89.6 Å². The second-order valence-electron chi connectivity index (χ2n) is 14.3. The molecule has 2 aromatic rings. The van der Waals surface area contributed by atoms with Crippen LogP contribution >= 0.6 is 0 Å². The van der Waals surface area contributed by atoms with Gasteiger partial charge in [-0.15, -0.1) is 0 Å². The molecule has 5 heteroatoms. The van der Waals surface area contributed by atoms with Crippen LogP contribution in [0.2, 0.25) is 0 Å². The van der Waals surface area contributed by atoms with Crippen molar-refractivity contribution in [2.24, 2.45) is 34.5 Å². The summed E-state index contributed by atoms with van der Waals surface area (Å²) >= 11 is 0. The number of halogens is 1. The van der Waals surface area contributed by atoms with Crippen molar-refractivity contribution in [3.8, 4) is 11.1 Å². The molecule has 2 amide bonds. The van der Waals surface area contributed by atoms with Crippen molar-refractivity contribution < 1.29 is 14.0 Å². The zero-order chi connectivity index (χ0) is 28.4. The van der Waals surface area contributed by atoms with Gasteiger partial charge in [0.05, 0.1) is 5.54 Å². The Hall–Kier alpha value is -2.95. The zero-order valence-corrected chi connectivity index (χ0v) is 24.4. The highest BCUT2D eigenvalue weighted by molar-refractivity contribution is 5.89. The number of rotatable bonds is 4. The molecule has 7 atom stereocenters. The maximum absolute atomic E-state index is 14.3. The van der Waals surface area contributed by atoms with Gasteiger partial charge in [-0.1, -0.05) is 63.1 Å². The Morgan fingerprint density at radius 1 is 0.902 bits per heavy atom. The predicted octanol–water partition coefficient (Wildman–Crippen LogP) is 7.29. The van der Waals surface area contributed by atoms with Crippen molar-refractivity contribution >= 4 is 11.8 Å². The largest absolute Gasteiger partial charge is 0.349 e. The topological polar surface area (TPSA) is 58.2 Å². The maximum Gasteiger partial charge on any atom is 0.243 e. The molecule has 2 aromatic carbocycles. The molecule has 41 heavy (non-hydrogen) atoms. The van der Waals surface area contributed by atoms with Crippen LogP contribution in [0.15, 0.2) is 60.7 Å². The molecular formula is C36H43FN2O2. The molecule has 4 nitrogen and oxygen atoms in total. The lowest BCUT2D eigenvalue weighted by Crippen LogP contribution is -2.59. The Bertz CT molecular complexity index is 1400. The fourth-order valence-electron chi connectivity index (χ4n) is 10.2. The Kier molecular flexibility index (Phi) is 6.44. The van der Waals surface area contributed by atoms with Gasteiger partial charge in [0.25, 0.3) is 0 Å². The number of benzene rings is 2. The van der Waals surface area contributed by atoms with Crippen molar-refractivity contribution in [1.29, 1.82) is 0 Å². The van der Waals surface area contributed by atoms with Gasteiger partial charge in [-0.3, -0.25) is 9.59 Å². The molecule has 0 saturated heterocycles. The lowest BCUT2D eigenvalue weighted by atomic mass is 9.48. The summed E-state index contributed by atoms with van der Waals surface area (Å²) in [5.41, 5.74) is 2.67. The highest BCUT2D eigenvalue weighted by Gasteiger charge is 2.61. The van der Waals surface area contributed by atoms with E-state index in [0.29, 0.717) is 17.8 Å². The molecule has 0 aromatic heterocycles. The lowest BCUT2D eigenvalue weighted by Gasteiger charge is -2.58. The van der Waals surface area contributed by atoms with E-state index < -0.39 is 0 Å². The van der Waals surface area contributed by atoms with Crippen LogP contribution < -0.4 is 10.6 Å². The smallest absolute Gasteiger partial charge is 0.243 e. The molecule has 0 bridgehead atoms. The fraction of sp³-hybridized carbons (Fsp3) is 0.556. The molecule has 7 rings (SSSR count). The summed E-state index contributed by atoms with van der Waals surface area (Å²) in [5.74, 6) is 1.80. The van der Waals surface area contributed by atoms with E-state index in [1.807, 2.05) is 12.1 Å². The normalized spacial score (nSPS) is 37.0. The molecule has 1 aliphatic heterocycles. The first-order valence-corrected chi connectivity index (χ1v) is 15.9. The number of hydrogen-bond acceptors (Lipinski definition) is 2. The van der Waals surface area contributed by atoms with Gasteiger partial charge in [0.1, 0.15) is 5.82 Å². The second kappa shape index (κ2) is 9.81. The van der Waals surface area contributed by atoms with Gasteiger partial charge in [0.2, 0.25) is 11.8 Å². The van der Waals surface area contributed by atoms with Gasteiger partial charge in [0, 0.05) is 17.4 Å². The summed E-state index contributed by atoms with van der Waals surface area (Å²) in [6, 6.07) is 15.4. The van der Waals surface area contributed by atoms with Gasteiger partial charge in [-0.05, 0) is 116 Å². The van der Waals surface area contributed by atoms with Crippen molar-refractivity contribution in [3.63, 3.8) is 0 Å². The van der Waals surface area contributed by atoms with E-state index in [2.05, 4.69) is 48.8 Å². The molecule has 2 unspecified atom stereocenters. The van der Waals surface area contributed by atoms with Gasteiger partial charge < -0.3 is 10.6 Å². The molecule has 216 valence electrons. The van der Waals surface area contributed by atoms with Crippen molar-refractivity contribution in [3.05, 3.63) is 72.1 Å². The van der Waals surface area contributed by atoms with E-state index in [4.69, 9.17) is 0 Å². The molecular weight excluding hydrogens is 511 g/mol. The van der Waals surface area contributed by atoms with Crippen LogP contribution in [-0.2, 0) is 15.1 Å². The number of carbonyl (C=O) groups is 2. The van der Waals surface area contributed by atoms with Crippen molar-refractivity contribution in [2.75, 3.05) is 0 Å². The molecule has 2 N–H and O–H groups in total. The highest BCUT2D eigenvalue weighted by Crippen LogP contribution is 2.65. The number of carbonyl (C=O) groups excluding carboxylic acids is 2. The average Bonchev–Trinajstić information content (AvgIpc) is 3.58. The van der Waals surface area contributed by atoms with Gasteiger partial charge in [-0.25, -0.2) is 4.39 Å². The zero-order valence-electron chi connectivity index (χ0n) is 24.4. The number of amides is 2. The maximum atomic E-state index is 14.3. The molecule has 4 aliphatic carbocycles. The van der Waals surface area contributed by atoms with E-state index in [1.54, 1.807) is 18.2 Å². The third-order valence-corrected chi connectivity index (χ3v) is 12.4. The molecule has 4 saturated carbocycles. The van der Waals surface area contributed by atoms with E-state index in [0.717, 1.165) is 80.9 Å². The second-order valence-corrected chi connectivity index (χ2v) is 14.3. The standard InChI is InChI=1S/C36H43FN2O2/c1-34-19-15-29-27(11-14-31-35(29,2)20-16-32(40)38-31)28(34)12-13-30(34)33(41)39-36(17-3-4-18-36)25-9-5-7-23(21-25)24-8-6-10-26(37)22-24/h5-10,16,20-22,27-31H,3-4,11-15,17-19H2,1-2H3,(H,38,40)(H,39,41)/t27-,28-,29+,30?,31?,34-,35+/m0/s1. The van der Waals surface area contributed by atoms with Crippen LogP contribution in [0.25, 0.3) is 11.1 Å². The van der Waals surface area contributed by atoms with Crippen LogP contribution in [0.4, 0.5) is 4.39 Å². The van der Waals surface area contributed by atoms with E-state index in [9.17, 15) is 14.0 Å². The predicted molar refractivity (Wildman–Crippen MR) is 159 cm³/mol.